The van der Waals surface area contributed by atoms with Crippen LogP contribution in [0.3, 0.4) is 0 Å². The Morgan fingerprint density at radius 1 is 1.14 bits per heavy atom. The standard InChI is InChI=1S/C31H27Cl2FN4O4S/c1-4-14-41-29(39)27-18(2)35-30-36-31(43-17-20-8-5-6-9-22(20)32)37-38(30)28(27)19-12-13-25(26(15-19)40-3)42-16-21-23(33)10-7-11-24(21)34/h4-13,15,28H,1,14,16-17H2,2-3H3,(H,35,36,37). The van der Waals surface area contributed by atoms with Gasteiger partial charge in [-0.3, -0.25) is 0 Å². The van der Waals surface area contributed by atoms with Gasteiger partial charge in [0.05, 0.1) is 17.7 Å². The van der Waals surface area contributed by atoms with Crippen LogP contribution in [0.5, 0.6) is 11.5 Å². The predicted octanol–water partition coefficient (Wildman–Crippen LogP) is 7.62. The van der Waals surface area contributed by atoms with Gasteiger partial charge < -0.3 is 19.5 Å². The van der Waals surface area contributed by atoms with Gasteiger partial charge in [-0.2, -0.15) is 4.98 Å². The van der Waals surface area contributed by atoms with Crippen molar-refractivity contribution in [2.75, 3.05) is 19.0 Å². The van der Waals surface area contributed by atoms with E-state index in [1.54, 1.807) is 35.9 Å². The Morgan fingerprint density at radius 2 is 1.93 bits per heavy atom. The second-order valence-corrected chi connectivity index (χ2v) is 11.2. The number of hydrogen-bond donors (Lipinski definition) is 1. The number of esters is 1. The highest BCUT2D eigenvalue weighted by atomic mass is 35.5. The average molecular weight is 642 g/mol. The third kappa shape index (κ3) is 6.66. The van der Waals surface area contributed by atoms with Gasteiger partial charge in [-0.15, -0.1) is 5.10 Å². The number of halogens is 3. The maximum absolute atomic E-state index is 14.3. The number of anilines is 1. The van der Waals surface area contributed by atoms with E-state index in [1.165, 1.54) is 37.1 Å². The van der Waals surface area contributed by atoms with Gasteiger partial charge in [0.2, 0.25) is 11.1 Å². The van der Waals surface area contributed by atoms with Gasteiger partial charge in [0, 0.05) is 22.0 Å². The van der Waals surface area contributed by atoms with E-state index in [9.17, 15) is 9.18 Å². The summed E-state index contributed by atoms with van der Waals surface area (Å²) in [5.41, 5.74) is 2.75. The molecule has 0 amide bonds. The van der Waals surface area contributed by atoms with E-state index in [0.717, 1.165) is 5.56 Å². The van der Waals surface area contributed by atoms with Crippen molar-refractivity contribution in [1.29, 1.82) is 0 Å². The molecular weight excluding hydrogens is 614 g/mol. The summed E-state index contributed by atoms with van der Waals surface area (Å²) < 4.78 is 32.9. The van der Waals surface area contributed by atoms with Crippen molar-refractivity contribution in [3.05, 3.63) is 117 Å². The number of nitrogens with one attached hydrogen (secondary N) is 1. The first-order valence-electron chi connectivity index (χ1n) is 13.1. The summed E-state index contributed by atoms with van der Waals surface area (Å²) in [6.45, 7) is 5.35. The minimum Gasteiger partial charge on any atom is -0.493 e. The molecule has 4 aromatic rings. The highest BCUT2D eigenvalue weighted by Crippen LogP contribution is 2.40. The van der Waals surface area contributed by atoms with Crippen LogP contribution in [0, 0.1) is 5.82 Å². The van der Waals surface area contributed by atoms with Crippen LogP contribution < -0.4 is 14.8 Å². The number of benzene rings is 3. The lowest BCUT2D eigenvalue weighted by atomic mass is 9.95. The Bertz CT molecular complexity index is 1690. The van der Waals surface area contributed by atoms with E-state index in [2.05, 4.69) is 16.9 Å². The van der Waals surface area contributed by atoms with Crippen molar-refractivity contribution in [2.45, 2.75) is 30.5 Å². The molecule has 43 heavy (non-hydrogen) atoms. The summed E-state index contributed by atoms with van der Waals surface area (Å²) in [5.74, 6) is 0.747. The second-order valence-electron chi connectivity index (χ2n) is 9.40. The lowest BCUT2D eigenvalue weighted by Gasteiger charge is -2.28. The molecule has 1 aromatic heterocycles. The third-order valence-corrected chi connectivity index (χ3v) is 8.25. The summed E-state index contributed by atoms with van der Waals surface area (Å²) in [5, 5.41) is 9.34. The SMILES string of the molecule is C=CCOC(=O)C1=C(C)Nc2nc(SCc3ccccc3Cl)nn2C1c1ccc(OCc2c(F)cccc2Cl)c(OC)c1. The number of hydrogen-bond acceptors (Lipinski definition) is 8. The Kier molecular flexibility index (Phi) is 9.59. The molecule has 2 heterocycles. The summed E-state index contributed by atoms with van der Waals surface area (Å²) in [7, 11) is 1.50. The van der Waals surface area contributed by atoms with Gasteiger partial charge in [0.15, 0.2) is 11.5 Å². The number of rotatable bonds is 11. The topological polar surface area (TPSA) is 87.5 Å². The fraction of sp³-hybridized carbons (Fsp3) is 0.194. The third-order valence-electron chi connectivity index (χ3n) is 6.64. The number of ether oxygens (including phenoxy) is 3. The fourth-order valence-electron chi connectivity index (χ4n) is 4.53. The average Bonchev–Trinajstić information content (AvgIpc) is 3.40. The molecule has 5 rings (SSSR count). The Hall–Kier alpha value is -3.99. The first-order valence-corrected chi connectivity index (χ1v) is 14.9. The largest absolute Gasteiger partial charge is 0.493 e. The number of methoxy groups -OCH3 is 1. The molecule has 1 atom stereocenters. The van der Waals surface area contributed by atoms with E-state index < -0.39 is 17.8 Å². The molecule has 1 aliphatic rings. The molecule has 0 saturated carbocycles. The molecule has 0 saturated heterocycles. The van der Waals surface area contributed by atoms with Crippen LogP contribution in [0.4, 0.5) is 10.3 Å². The van der Waals surface area contributed by atoms with E-state index in [0.29, 0.717) is 50.2 Å². The highest BCUT2D eigenvalue weighted by Gasteiger charge is 2.36. The van der Waals surface area contributed by atoms with Crippen molar-refractivity contribution >= 4 is 46.9 Å². The van der Waals surface area contributed by atoms with Crippen molar-refractivity contribution in [1.82, 2.24) is 14.8 Å². The minimum absolute atomic E-state index is 0.0419. The molecule has 0 bridgehead atoms. The predicted molar refractivity (Wildman–Crippen MR) is 165 cm³/mol. The first-order chi connectivity index (χ1) is 20.8. The molecule has 0 fully saturated rings. The Labute approximate surface area is 262 Å². The maximum Gasteiger partial charge on any atom is 0.338 e. The van der Waals surface area contributed by atoms with Gasteiger partial charge in [-0.05, 0) is 48.4 Å². The van der Waals surface area contributed by atoms with Gasteiger partial charge in [-0.25, -0.2) is 13.9 Å². The van der Waals surface area contributed by atoms with Crippen molar-refractivity contribution in [3.8, 4) is 11.5 Å². The smallest absolute Gasteiger partial charge is 0.338 e. The molecule has 0 spiro atoms. The van der Waals surface area contributed by atoms with E-state index >= 15 is 0 Å². The van der Waals surface area contributed by atoms with Crippen LogP contribution in [0.1, 0.15) is 29.7 Å². The van der Waals surface area contributed by atoms with Gasteiger partial charge in [0.25, 0.3) is 0 Å². The Balaban J connectivity index is 1.49. The van der Waals surface area contributed by atoms with E-state index in [4.69, 9.17) is 42.5 Å². The maximum atomic E-state index is 14.3. The molecule has 8 nitrogen and oxygen atoms in total. The number of carbonyl (C=O) groups excluding carboxylic acids is 1. The van der Waals surface area contributed by atoms with Crippen LogP contribution in [-0.2, 0) is 21.9 Å². The summed E-state index contributed by atoms with van der Waals surface area (Å²) in [6.07, 6.45) is 1.50. The van der Waals surface area contributed by atoms with Crippen molar-refractivity contribution in [2.24, 2.45) is 0 Å². The summed E-state index contributed by atoms with van der Waals surface area (Å²) in [6, 6.07) is 16.5. The highest BCUT2D eigenvalue weighted by molar-refractivity contribution is 7.98. The molecule has 3 aromatic carbocycles. The van der Waals surface area contributed by atoms with E-state index in [1.807, 2.05) is 24.3 Å². The van der Waals surface area contributed by atoms with Gasteiger partial charge in [0.1, 0.15) is 25.1 Å². The monoisotopic (exact) mass is 640 g/mol. The molecule has 1 aliphatic heterocycles. The van der Waals surface area contributed by atoms with Gasteiger partial charge >= 0.3 is 5.97 Å². The number of thioether (sulfide) groups is 1. The molecule has 222 valence electrons. The van der Waals surface area contributed by atoms with E-state index in [-0.39, 0.29) is 23.8 Å². The normalized spacial score (nSPS) is 14.1. The number of carbonyl (C=O) groups is 1. The number of fused-ring (bicyclic) bond motifs is 1. The lowest BCUT2D eigenvalue weighted by Crippen LogP contribution is -2.29. The zero-order valence-electron chi connectivity index (χ0n) is 23.3. The van der Waals surface area contributed by atoms with Crippen LogP contribution in [0.15, 0.2) is 89.7 Å². The first kappa shape index (κ1) is 30.5. The molecule has 0 aliphatic carbocycles. The van der Waals surface area contributed by atoms with Crippen molar-refractivity contribution in [3.63, 3.8) is 0 Å². The lowest BCUT2D eigenvalue weighted by molar-refractivity contribution is -0.138. The molecule has 12 heteroatoms. The number of aromatic nitrogens is 3. The quantitative estimate of drug-likeness (QED) is 0.102. The molecular formula is C31H27Cl2FN4O4S. The van der Waals surface area contributed by atoms with Crippen LogP contribution in [-0.4, -0.2) is 34.5 Å². The zero-order valence-corrected chi connectivity index (χ0v) is 25.6. The molecule has 1 N–H and O–H groups in total. The van der Waals surface area contributed by atoms with Gasteiger partial charge in [-0.1, -0.05) is 78.0 Å². The summed E-state index contributed by atoms with van der Waals surface area (Å²) in [4.78, 5) is 18.0. The number of nitrogens with zero attached hydrogens (tertiary/aromatic N) is 3. The minimum atomic E-state index is -0.709. The Morgan fingerprint density at radius 3 is 2.67 bits per heavy atom. The van der Waals surface area contributed by atoms with Crippen LogP contribution in [0.25, 0.3) is 0 Å². The second kappa shape index (κ2) is 13.5. The fourth-order valence-corrected chi connectivity index (χ4v) is 5.86. The van der Waals surface area contributed by atoms with Crippen LogP contribution >= 0.6 is 35.0 Å². The summed E-state index contributed by atoms with van der Waals surface area (Å²) >= 11 is 13.9. The number of allylic oxidation sites excluding steroid dienone is 1. The molecule has 0 radical (unpaired) electrons. The van der Waals surface area contributed by atoms with Crippen LogP contribution in [0.2, 0.25) is 10.0 Å². The van der Waals surface area contributed by atoms with Crippen molar-refractivity contribution < 1.29 is 23.4 Å². The molecule has 1 unspecified atom stereocenters. The zero-order chi connectivity index (χ0) is 30.5.